The van der Waals surface area contributed by atoms with Gasteiger partial charge in [-0.15, -0.1) is 0 Å². The van der Waals surface area contributed by atoms with E-state index >= 15 is 0 Å². The van der Waals surface area contributed by atoms with Gasteiger partial charge in [-0.1, -0.05) is 17.7 Å². The standard InChI is InChI=1S/C25H24ClFN2O4/c1-28(2)23(31)18-11-16-4-5-21(13-17(16)12-18)29-8-7-25(33,24(29)32)22(30)6-3-15-9-19(26)14-20(27)10-15/h4-5,9-10,12-14,33H,3,6-8,11H2,1-2H3/t25-/m1/s1. The molecule has 0 saturated carbocycles. The number of halogens is 2. The summed E-state index contributed by atoms with van der Waals surface area (Å²) in [6.07, 6.45) is 2.36. The summed E-state index contributed by atoms with van der Waals surface area (Å²) >= 11 is 5.85. The lowest BCUT2D eigenvalue weighted by atomic mass is 9.92. The average Bonchev–Trinajstić information content (AvgIpc) is 3.32. The first-order chi connectivity index (χ1) is 15.6. The molecule has 0 spiro atoms. The summed E-state index contributed by atoms with van der Waals surface area (Å²) in [6.45, 7) is 0.193. The first-order valence-electron chi connectivity index (χ1n) is 10.7. The smallest absolute Gasteiger partial charge is 0.266 e. The number of anilines is 1. The molecule has 6 nitrogen and oxygen atoms in total. The minimum Gasteiger partial charge on any atom is -0.373 e. The zero-order valence-electron chi connectivity index (χ0n) is 18.4. The number of nitrogens with zero attached hydrogens (tertiary/aromatic N) is 2. The Hall–Kier alpha value is -3.03. The maximum Gasteiger partial charge on any atom is 0.266 e. The molecule has 0 radical (unpaired) electrons. The molecule has 33 heavy (non-hydrogen) atoms. The van der Waals surface area contributed by atoms with Gasteiger partial charge in [-0.2, -0.15) is 0 Å². The first kappa shape index (κ1) is 23.1. The molecule has 1 N–H and O–H groups in total. The Bertz CT molecular complexity index is 1170. The van der Waals surface area contributed by atoms with Gasteiger partial charge in [0, 0.05) is 56.2 Å². The number of carbonyl (C=O) groups excluding carboxylic acids is 3. The molecule has 2 aliphatic rings. The van der Waals surface area contributed by atoms with Crippen LogP contribution in [0.5, 0.6) is 0 Å². The van der Waals surface area contributed by atoms with Crippen LogP contribution in [0.3, 0.4) is 0 Å². The van der Waals surface area contributed by atoms with Gasteiger partial charge in [-0.25, -0.2) is 4.39 Å². The summed E-state index contributed by atoms with van der Waals surface area (Å²) in [4.78, 5) is 41.0. The number of benzene rings is 2. The van der Waals surface area contributed by atoms with Crippen LogP contribution < -0.4 is 4.90 Å². The third-order valence-corrected chi connectivity index (χ3v) is 6.37. The van der Waals surface area contributed by atoms with Crippen LogP contribution in [0.2, 0.25) is 5.02 Å². The highest BCUT2D eigenvalue weighted by Gasteiger charge is 2.50. The van der Waals surface area contributed by atoms with E-state index in [9.17, 15) is 23.9 Å². The summed E-state index contributed by atoms with van der Waals surface area (Å²) in [7, 11) is 3.39. The third-order valence-electron chi connectivity index (χ3n) is 6.15. The van der Waals surface area contributed by atoms with Gasteiger partial charge in [0.1, 0.15) is 5.82 Å². The van der Waals surface area contributed by atoms with Gasteiger partial charge in [0.2, 0.25) is 11.5 Å². The third kappa shape index (κ3) is 4.43. The second-order valence-corrected chi connectivity index (χ2v) is 9.13. The number of hydrogen-bond acceptors (Lipinski definition) is 4. The molecule has 4 rings (SSSR count). The number of Topliss-reactive ketones (excluding diaryl/α,β-unsaturated/α-hetero) is 1. The van der Waals surface area contributed by atoms with Gasteiger partial charge < -0.3 is 14.9 Å². The quantitative estimate of drug-likeness (QED) is 0.658. The zero-order valence-corrected chi connectivity index (χ0v) is 19.2. The maximum absolute atomic E-state index is 13.5. The minimum absolute atomic E-state index is 0.0220. The van der Waals surface area contributed by atoms with E-state index in [0.29, 0.717) is 23.2 Å². The molecule has 0 unspecified atom stereocenters. The molecule has 1 heterocycles. The number of amides is 2. The Morgan fingerprint density at radius 3 is 2.67 bits per heavy atom. The fourth-order valence-electron chi connectivity index (χ4n) is 4.34. The molecule has 172 valence electrons. The van der Waals surface area contributed by atoms with Crippen molar-refractivity contribution in [2.75, 3.05) is 25.5 Å². The molecule has 1 aliphatic heterocycles. The molecule has 1 fully saturated rings. The van der Waals surface area contributed by atoms with E-state index in [1.807, 2.05) is 12.1 Å². The van der Waals surface area contributed by atoms with Crippen LogP contribution in [0, 0.1) is 5.82 Å². The average molecular weight is 471 g/mol. The molecule has 1 saturated heterocycles. The predicted octanol–water partition coefficient (Wildman–Crippen LogP) is 3.18. The van der Waals surface area contributed by atoms with Crippen molar-refractivity contribution in [1.82, 2.24) is 4.90 Å². The molecule has 1 aliphatic carbocycles. The SMILES string of the molecule is CN(C)C(=O)C1=Cc2cc(N3CC[C@@](O)(C(=O)CCc4cc(F)cc(Cl)c4)C3=O)ccc2C1. The molecular weight excluding hydrogens is 447 g/mol. The summed E-state index contributed by atoms with van der Waals surface area (Å²) in [6, 6.07) is 9.42. The summed E-state index contributed by atoms with van der Waals surface area (Å²) in [5, 5.41) is 11.1. The summed E-state index contributed by atoms with van der Waals surface area (Å²) in [5.74, 6) is -1.84. The van der Waals surface area contributed by atoms with E-state index in [-0.39, 0.29) is 36.7 Å². The van der Waals surface area contributed by atoms with Crippen molar-refractivity contribution >= 4 is 41.0 Å². The number of hydrogen-bond donors (Lipinski definition) is 1. The second-order valence-electron chi connectivity index (χ2n) is 8.70. The highest BCUT2D eigenvalue weighted by molar-refractivity contribution is 6.30. The van der Waals surface area contributed by atoms with E-state index in [1.54, 1.807) is 32.3 Å². The predicted molar refractivity (Wildman–Crippen MR) is 123 cm³/mol. The van der Waals surface area contributed by atoms with Crippen molar-refractivity contribution in [2.45, 2.75) is 31.3 Å². The maximum atomic E-state index is 13.5. The lowest BCUT2D eigenvalue weighted by Gasteiger charge is -2.22. The number of likely N-dealkylation sites (N-methyl/N-ethyl adjacent to an activating group) is 1. The van der Waals surface area contributed by atoms with Crippen LogP contribution in [0.1, 0.15) is 29.5 Å². The molecule has 2 amide bonds. The molecule has 1 atom stereocenters. The zero-order chi connectivity index (χ0) is 23.9. The van der Waals surface area contributed by atoms with Gasteiger partial charge in [0.15, 0.2) is 5.78 Å². The van der Waals surface area contributed by atoms with E-state index in [0.717, 1.165) is 11.1 Å². The number of fused-ring (bicyclic) bond motifs is 1. The van der Waals surface area contributed by atoms with E-state index in [1.165, 1.54) is 21.9 Å². The Morgan fingerprint density at radius 1 is 1.21 bits per heavy atom. The largest absolute Gasteiger partial charge is 0.373 e. The monoisotopic (exact) mass is 470 g/mol. The van der Waals surface area contributed by atoms with Crippen molar-refractivity contribution in [3.05, 3.63) is 69.5 Å². The number of aryl methyl sites for hydroxylation is 1. The van der Waals surface area contributed by atoms with Crippen LogP contribution >= 0.6 is 11.6 Å². The number of carbonyl (C=O) groups is 3. The minimum atomic E-state index is -2.11. The molecule has 0 aromatic heterocycles. The fourth-order valence-corrected chi connectivity index (χ4v) is 4.59. The van der Waals surface area contributed by atoms with E-state index < -0.39 is 23.1 Å². The fraction of sp³-hybridized carbons (Fsp3) is 0.320. The normalized spacial score (nSPS) is 19.5. The molecule has 2 aromatic carbocycles. The summed E-state index contributed by atoms with van der Waals surface area (Å²) < 4.78 is 13.5. The first-order valence-corrected chi connectivity index (χ1v) is 11.0. The highest BCUT2D eigenvalue weighted by atomic mass is 35.5. The van der Waals surface area contributed by atoms with Gasteiger partial charge in [0.05, 0.1) is 0 Å². The molecule has 2 aromatic rings. The molecular formula is C25H24ClFN2O4. The number of ketones is 1. The van der Waals surface area contributed by atoms with Crippen LogP contribution in [-0.4, -0.2) is 53.8 Å². The Labute approximate surface area is 196 Å². The number of rotatable bonds is 6. The van der Waals surface area contributed by atoms with Gasteiger partial charge in [0.25, 0.3) is 5.91 Å². The summed E-state index contributed by atoms with van der Waals surface area (Å²) in [5.41, 5.74) is 1.47. The molecule has 0 bridgehead atoms. The van der Waals surface area contributed by atoms with Crippen LogP contribution in [0.15, 0.2) is 42.0 Å². The number of aliphatic hydroxyl groups is 1. The van der Waals surface area contributed by atoms with Crippen molar-refractivity contribution in [3.8, 4) is 0 Å². The van der Waals surface area contributed by atoms with E-state index in [4.69, 9.17) is 11.6 Å². The van der Waals surface area contributed by atoms with E-state index in [2.05, 4.69) is 0 Å². The Balaban J connectivity index is 1.48. The lowest BCUT2D eigenvalue weighted by molar-refractivity contribution is -0.147. The van der Waals surface area contributed by atoms with Gasteiger partial charge >= 0.3 is 0 Å². The van der Waals surface area contributed by atoms with Crippen molar-refractivity contribution in [2.24, 2.45) is 0 Å². The lowest BCUT2D eigenvalue weighted by Crippen LogP contribution is -2.47. The molecule has 8 heteroatoms. The van der Waals surface area contributed by atoms with Gasteiger partial charge in [-0.3, -0.25) is 14.4 Å². The van der Waals surface area contributed by atoms with Crippen LogP contribution in [-0.2, 0) is 27.2 Å². The van der Waals surface area contributed by atoms with Crippen LogP contribution in [0.4, 0.5) is 10.1 Å². The van der Waals surface area contributed by atoms with Crippen molar-refractivity contribution in [1.29, 1.82) is 0 Å². The van der Waals surface area contributed by atoms with Gasteiger partial charge in [-0.05, 0) is 59.5 Å². The van der Waals surface area contributed by atoms with Crippen molar-refractivity contribution < 1.29 is 23.9 Å². The van der Waals surface area contributed by atoms with Crippen LogP contribution in [0.25, 0.3) is 6.08 Å². The Morgan fingerprint density at radius 2 is 1.97 bits per heavy atom. The topological polar surface area (TPSA) is 77.9 Å². The second kappa shape index (κ2) is 8.72. The van der Waals surface area contributed by atoms with Crippen molar-refractivity contribution in [3.63, 3.8) is 0 Å². The highest BCUT2D eigenvalue weighted by Crippen LogP contribution is 2.34. The Kier molecular flexibility index (Phi) is 6.12.